The number of halogens is 2. The summed E-state index contributed by atoms with van der Waals surface area (Å²) in [6.45, 7) is 2.85. The van der Waals surface area contributed by atoms with Gasteiger partial charge in [0.25, 0.3) is 0 Å². The van der Waals surface area contributed by atoms with Crippen molar-refractivity contribution in [1.82, 2.24) is 10.3 Å². The quantitative estimate of drug-likeness (QED) is 0.515. The van der Waals surface area contributed by atoms with Crippen molar-refractivity contribution in [3.05, 3.63) is 64.8 Å². The average Bonchev–Trinajstić information content (AvgIpc) is 3.03. The molecule has 2 aromatic carbocycles. The molecule has 3 N–H and O–H groups in total. The fourth-order valence-corrected chi connectivity index (χ4v) is 3.19. The molecule has 0 aliphatic heterocycles. The molecule has 144 valence electrons. The Morgan fingerprint density at radius 1 is 1.30 bits per heavy atom. The van der Waals surface area contributed by atoms with Crippen LogP contribution in [-0.2, 0) is 17.8 Å². The predicted molar refractivity (Wildman–Crippen MR) is 110 cm³/mol. The van der Waals surface area contributed by atoms with Crippen molar-refractivity contribution in [3.63, 3.8) is 0 Å². The Morgan fingerprint density at radius 2 is 2.07 bits per heavy atom. The molecule has 0 bridgehead atoms. The highest BCUT2D eigenvalue weighted by atomic mass is 35.5. The Bertz CT molecular complexity index is 911. The van der Waals surface area contributed by atoms with Gasteiger partial charge in [-0.05, 0) is 36.2 Å². The number of aromatic amines is 1. The maximum Gasteiger partial charge on any atom is 0.321 e. The zero-order valence-corrected chi connectivity index (χ0v) is 16.4. The summed E-state index contributed by atoms with van der Waals surface area (Å²) in [6.07, 6.45) is 2.26. The molecule has 1 heterocycles. The number of aliphatic carboxylic acids is 1. The maximum absolute atomic E-state index is 11.7. The number of nitrogens with one attached hydrogen (secondary N) is 2. The van der Waals surface area contributed by atoms with Gasteiger partial charge in [0, 0.05) is 30.1 Å². The van der Waals surface area contributed by atoms with Gasteiger partial charge in [-0.2, -0.15) is 0 Å². The molecule has 0 aliphatic rings. The molecule has 27 heavy (non-hydrogen) atoms. The van der Waals surface area contributed by atoms with Gasteiger partial charge in [0.1, 0.15) is 11.8 Å². The van der Waals surface area contributed by atoms with E-state index in [-0.39, 0.29) is 12.4 Å². The van der Waals surface area contributed by atoms with Gasteiger partial charge in [0.15, 0.2) is 0 Å². The Morgan fingerprint density at radius 3 is 2.78 bits per heavy atom. The standard InChI is InChI=1S/C20H21ClN2O3.ClH/c1-2-26-19-8-7-13(9-16(19)21)11-22-18(20(24)25)10-14-12-23-17-6-4-3-5-15(14)17;/h3-9,12,18,22-23H,2,10-11H2,1H3,(H,24,25);1H. The summed E-state index contributed by atoms with van der Waals surface area (Å²) in [5, 5.41) is 14.2. The molecule has 5 nitrogen and oxygen atoms in total. The van der Waals surface area contributed by atoms with Crippen molar-refractivity contribution in [3.8, 4) is 5.75 Å². The van der Waals surface area contributed by atoms with E-state index in [0.29, 0.717) is 30.3 Å². The highest BCUT2D eigenvalue weighted by Gasteiger charge is 2.19. The van der Waals surface area contributed by atoms with Gasteiger partial charge in [0.2, 0.25) is 0 Å². The van der Waals surface area contributed by atoms with E-state index in [4.69, 9.17) is 16.3 Å². The molecule has 0 saturated heterocycles. The number of carboxylic acid groups (broad SMARTS) is 1. The van der Waals surface area contributed by atoms with E-state index in [1.807, 2.05) is 43.5 Å². The predicted octanol–water partition coefficient (Wildman–Crippen LogP) is 4.43. The monoisotopic (exact) mass is 408 g/mol. The van der Waals surface area contributed by atoms with E-state index >= 15 is 0 Å². The van der Waals surface area contributed by atoms with Gasteiger partial charge in [-0.25, -0.2) is 0 Å². The van der Waals surface area contributed by atoms with Gasteiger partial charge < -0.3 is 20.1 Å². The molecule has 0 amide bonds. The highest BCUT2D eigenvalue weighted by Crippen LogP contribution is 2.25. The summed E-state index contributed by atoms with van der Waals surface area (Å²) in [5.74, 6) is -0.251. The number of carboxylic acids is 1. The van der Waals surface area contributed by atoms with Crippen LogP contribution in [0, 0.1) is 0 Å². The van der Waals surface area contributed by atoms with Gasteiger partial charge in [0.05, 0.1) is 11.6 Å². The summed E-state index contributed by atoms with van der Waals surface area (Å²) >= 11 is 6.19. The smallest absolute Gasteiger partial charge is 0.321 e. The van der Waals surface area contributed by atoms with Crippen LogP contribution in [0.1, 0.15) is 18.1 Å². The lowest BCUT2D eigenvalue weighted by Crippen LogP contribution is -2.38. The normalized spacial score (nSPS) is 11.8. The Labute approximate surface area is 169 Å². The topological polar surface area (TPSA) is 74.3 Å². The van der Waals surface area contributed by atoms with Crippen molar-refractivity contribution >= 4 is 40.9 Å². The molecule has 1 aromatic heterocycles. The molecule has 0 radical (unpaired) electrons. The van der Waals surface area contributed by atoms with Crippen molar-refractivity contribution in [2.45, 2.75) is 25.9 Å². The number of H-pyrrole nitrogens is 1. The number of para-hydroxylation sites is 1. The van der Waals surface area contributed by atoms with Crippen molar-refractivity contribution < 1.29 is 14.6 Å². The first-order valence-electron chi connectivity index (χ1n) is 8.51. The fourth-order valence-electron chi connectivity index (χ4n) is 2.94. The van der Waals surface area contributed by atoms with E-state index in [9.17, 15) is 9.90 Å². The van der Waals surface area contributed by atoms with Crippen LogP contribution < -0.4 is 10.1 Å². The highest BCUT2D eigenvalue weighted by molar-refractivity contribution is 6.32. The summed E-state index contributed by atoms with van der Waals surface area (Å²) in [5.41, 5.74) is 2.89. The molecule has 0 fully saturated rings. The summed E-state index contributed by atoms with van der Waals surface area (Å²) in [7, 11) is 0. The molecule has 0 spiro atoms. The van der Waals surface area contributed by atoms with Crippen LogP contribution in [-0.4, -0.2) is 28.7 Å². The van der Waals surface area contributed by atoms with Crippen molar-refractivity contribution in [2.24, 2.45) is 0 Å². The third-order valence-electron chi connectivity index (χ3n) is 4.25. The second-order valence-corrected chi connectivity index (χ2v) is 6.44. The Hall–Kier alpha value is -2.21. The second kappa shape index (κ2) is 9.65. The van der Waals surface area contributed by atoms with E-state index in [1.165, 1.54) is 0 Å². The molecule has 0 aliphatic carbocycles. The van der Waals surface area contributed by atoms with Crippen LogP contribution in [0.25, 0.3) is 10.9 Å². The zero-order chi connectivity index (χ0) is 18.5. The van der Waals surface area contributed by atoms with E-state index in [1.54, 1.807) is 12.1 Å². The molecular formula is C20H22Cl2N2O3. The van der Waals surface area contributed by atoms with Crippen molar-refractivity contribution in [1.29, 1.82) is 0 Å². The van der Waals surface area contributed by atoms with Crippen LogP contribution >= 0.6 is 24.0 Å². The van der Waals surface area contributed by atoms with Gasteiger partial charge >= 0.3 is 5.97 Å². The minimum absolute atomic E-state index is 0. The molecule has 3 aromatic rings. The van der Waals surface area contributed by atoms with E-state index in [0.717, 1.165) is 22.0 Å². The lowest BCUT2D eigenvalue weighted by Gasteiger charge is -2.15. The molecule has 1 atom stereocenters. The number of rotatable bonds is 8. The molecule has 7 heteroatoms. The third-order valence-corrected chi connectivity index (χ3v) is 4.54. The zero-order valence-electron chi connectivity index (χ0n) is 14.9. The molecular weight excluding hydrogens is 387 g/mol. The number of hydrogen-bond donors (Lipinski definition) is 3. The largest absolute Gasteiger partial charge is 0.492 e. The van der Waals surface area contributed by atoms with Crippen LogP contribution in [0.3, 0.4) is 0 Å². The number of benzene rings is 2. The van der Waals surface area contributed by atoms with Gasteiger partial charge in [-0.15, -0.1) is 12.4 Å². The summed E-state index contributed by atoms with van der Waals surface area (Å²) in [6, 6.07) is 12.7. The summed E-state index contributed by atoms with van der Waals surface area (Å²) < 4.78 is 5.42. The van der Waals surface area contributed by atoms with Crippen LogP contribution in [0.15, 0.2) is 48.7 Å². The first-order valence-corrected chi connectivity index (χ1v) is 8.88. The molecule has 0 saturated carbocycles. The van der Waals surface area contributed by atoms with Crippen LogP contribution in [0.4, 0.5) is 0 Å². The maximum atomic E-state index is 11.7. The second-order valence-electron chi connectivity index (χ2n) is 6.03. The average molecular weight is 409 g/mol. The van der Waals surface area contributed by atoms with Crippen LogP contribution in [0.2, 0.25) is 5.02 Å². The number of fused-ring (bicyclic) bond motifs is 1. The lowest BCUT2D eigenvalue weighted by molar-refractivity contribution is -0.139. The first kappa shape index (κ1) is 21.1. The fraction of sp³-hybridized carbons (Fsp3) is 0.250. The number of carbonyl (C=O) groups is 1. The number of hydrogen-bond acceptors (Lipinski definition) is 3. The Balaban J connectivity index is 0.00000261. The van der Waals surface area contributed by atoms with E-state index < -0.39 is 12.0 Å². The third kappa shape index (κ3) is 5.16. The van der Waals surface area contributed by atoms with Gasteiger partial charge in [-0.3, -0.25) is 4.79 Å². The number of ether oxygens (including phenoxy) is 1. The first-order chi connectivity index (χ1) is 12.6. The minimum Gasteiger partial charge on any atom is -0.492 e. The molecule has 3 rings (SSSR count). The molecule has 1 unspecified atom stereocenters. The number of aromatic nitrogens is 1. The Kier molecular flexibility index (Phi) is 7.54. The lowest BCUT2D eigenvalue weighted by atomic mass is 10.0. The van der Waals surface area contributed by atoms with Gasteiger partial charge in [-0.1, -0.05) is 35.9 Å². The minimum atomic E-state index is -0.882. The summed E-state index contributed by atoms with van der Waals surface area (Å²) in [4.78, 5) is 14.9. The van der Waals surface area contributed by atoms with Crippen molar-refractivity contribution in [2.75, 3.05) is 6.61 Å². The van der Waals surface area contributed by atoms with E-state index in [2.05, 4.69) is 10.3 Å². The SMILES string of the molecule is CCOc1ccc(CNC(Cc2c[nH]c3ccccc23)C(=O)O)cc1Cl.Cl. The van der Waals surface area contributed by atoms with Crippen LogP contribution in [0.5, 0.6) is 5.75 Å².